The first kappa shape index (κ1) is 22.6. The molecular weight excluding hydrogens is 457 g/mol. The monoisotopic (exact) mass is 472 g/mol. The summed E-state index contributed by atoms with van der Waals surface area (Å²) in [5.41, 5.74) is -0.274. The van der Waals surface area contributed by atoms with Gasteiger partial charge >= 0.3 is 24.2 Å². The molecule has 0 amide bonds. The fourth-order valence-corrected chi connectivity index (χ4v) is 2.65. The van der Waals surface area contributed by atoms with Crippen LogP contribution in [-0.2, 0) is 12.6 Å². The van der Waals surface area contributed by atoms with Crippen LogP contribution in [0.3, 0.4) is 0 Å². The van der Waals surface area contributed by atoms with Crippen molar-refractivity contribution < 1.29 is 27.4 Å². The van der Waals surface area contributed by atoms with E-state index in [9.17, 15) is 18.0 Å². The zero-order valence-electron chi connectivity index (χ0n) is 17.4. The van der Waals surface area contributed by atoms with Gasteiger partial charge in [0.15, 0.2) is 0 Å². The van der Waals surface area contributed by atoms with Gasteiger partial charge in [-0.05, 0) is 29.8 Å². The summed E-state index contributed by atoms with van der Waals surface area (Å²) in [6, 6.07) is 5.97. The molecule has 0 aliphatic carbocycles. The summed E-state index contributed by atoms with van der Waals surface area (Å²) in [6.45, 7) is 0. The Bertz CT molecular complexity index is 1310. The van der Waals surface area contributed by atoms with Crippen LogP contribution in [0.25, 0.3) is 0 Å². The minimum Gasteiger partial charge on any atom is -0.467 e. The summed E-state index contributed by atoms with van der Waals surface area (Å²) in [4.78, 5) is 34.0. The molecule has 13 heteroatoms. The van der Waals surface area contributed by atoms with Gasteiger partial charge in [0.05, 0.1) is 12.7 Å². The van der Waals surface area contributed by atoms with Gasteiger partial charge in [-0.2, -0.15) is 13.2 Å². The Labute approximate surface area is 189 Å². The Kier molecular flexibility index (Phi) is 6.34. The highest BCUT2D eigenvalue weighted by Gasteiger charge is 2.31. The third-order valence-electron chi connectivity index (χ3n) is 4.31. The molecule has 34 heavy (non-hydrogen) atoms. The molecule has 10 nitrogen and oxygen atoms in total. The van der Waals surface area contributed by atoms with Crippen LogP contribution in [0.4, 0.5) is 13.2 Å². The van der Waals surface area contributed by atoms with Gasteiger partial charge < -0.3 is 14.2 Å². The number of nitrogens with zero attached hydrogens (tertiary/aromatic N) is 5. The lowest BCUT2D eigenvalue weighted by atomic mass is 10.1. The van der Waals surface area contributed by atoms with E-state index in [0.29, 0.717) is 29.3 Å². The van der Waals surface area contributed by atoms with Crippen LogP contribution >= 0.6 is 0 Å². The molecule has 0 radical (unpaired) electrons. The van der Waals surface area contributed by atoms with Crippen LogP contribution in [-0.4, -0.2) is 37.0 Å². The van der Waals surface area contributed by atoms with Gasteiger partial charge in [0.25, 0.3) is 5.56 Å². The quantitative estimate of drug-likeness (QED) is 0.430. The van der Waals surface area contributed by atoms with E-state index in [1.165, 1.54) is 37.6 Å². The molecule has 1 aromatic carbocycles. The van der Waals surface area contributed by atoms with Crippen LogP contribution in [0.1, 0.15) is 16.7 Å². The van der Waals surface area contributed by atoms with E-state index < -0.39 is 11.7 Å². The number of alkyl halides is 3. The number of hydrogen-bond acceptors (Lipinski definition) is 9. The molecule has 0 atom stereocenters. The number of H-pyrrole nitrogens is 1. The average molecular weight is 472 g/mol. The molecule has 0 saturated heterocycles. The SMILES string of the molecule is COc1ncc(Cc2cnc(Oc3ccc(Oc4ncc(C(F)(F)F)cn4)cc3)[nH]c2=O)cn1. The fourth-order valence-electron chi connectivity index (χ4n) is 2.65. The van der Waals surface area contributed by atoms with E-state index in [-0.39, 0.29) is 35.8 Å². The van der Waals surface area contributed by atoms with E-state index in [0.717, 1.165) is 0 Å². The normalized spacial score (nSPS) is 11.2. The largest absolute Gasteiger partial charge is 0.467 e. The molecule has 3 heterocycles. The number of benzene rings is 1. The Hall–Kier alpha value is -4.55. The second-order valence-corrected chi connectivity index (χ2v) is 6.73. The lowest BCUT2D eigenvalue weighted by Gasteiger charge is -2.08. The molecule has 4 aromatic rings. The van der Waals surface area contributed by atoms with Crippen LogP contribution in [0, 0.1) is 0 Å². The second-order valence-electron chi connectivity index (χ2n) is 6.73. The van der Waals surface area contributed by atoms with Gasteiger partial charge in [0.1, 0.15) is 11.5 Å². The summed E-state index contributed by atoms with van der Waals surface area (Å²) in [6.07, 6.45) is 1.49. The fraction of sp³-hybridized carbons (Fsp3) is 0.143. The van der Waals surface area contributed by atoms with Gasteiger partial charge in [-0.15, -0.1) is 0 Å². The molecule has 3 aromatic heterocycles. The van der Waals surface area contributed by atoms with Gasteiger partial charge in [-0.1, -0.05) is 0 Å². The average Bonchev–Trinajstić information content (AvgIpc) is 2.82. The summed E-state index contributed by atoms with van der Waals surface area (Å²) < 4.78 is 53.5. The predicted octanol–water partition coefficient (Wildman–Crippen LogP) is 3.55. The standard InChI is InChI=1S/C21H15F3N6O4/c1-32-18-25-7-12(8-26-18)6-13-9-27-20(30-17(13)31)34-16-4-2-15(3-5-16)33-19-28-10-14(11-29-19)21(22,23)24/h2-5,7-11H,6H2,1H3,(H,27,30,31). The van der Waals surface area contributed by atoms with Crippen molar-refractivity contribution in [3.05, 3.63) is 82.3 Å². The van der Waals surface area contributed by atoms with Crippen LogP contribution in [0.15, 0.2) is 60.0 Å². The van der Waals surface area contributed by atoms with Crippen molar-refractivity contribution in [3.63, 3.8) is 0 Å². The molecular formula is C21H15F3N6O4. The minimum atomic E-state index is -4.53. The number of methoxy groups -OCH3 is 1. The Morgan fingerprint density at radius 2 is 1.41 bits per heavy atom. The van der Waals surface area contributed by atoms with Gasteiger partial charge in [-0.3, -0.25) is 9.78 Å². The van der Waals surface area contributed by atoms with Crippen molar-refractivity contribution in [2.75, 3.05) is 7.11 Å². The zero-order valence-corrected chi connectivity index (χ0v) is 17.4. The topological polar surface area (TPSA) is 125 Å². The van der Waals surface area contributed by atoms with Crippen molar-refractivity contribution in [2.24, 2.45) is 0 Å². The number of rotatable bonds is 7. The van der Waals surface area contributed by atoms with Gasteiger partial charge in [-0.25, -0.2) is 24.9 Å². The summed E-state index contributed by atoms with van der Waals surface area (Å²) in [5, 5.41) is 0. The maximum absolute atomic E-state index is 12.6. The van der Waals surface area contributed by atoms with Crippen molar-refractivity contribution in [2.45, 2.75) is 12.6 Å². The molecule has 0 saturated carbocycles. The highest BCUT2D eigenvalue weighted by atomic mass is 19.4. The zero-order chi connectivity index (χ0) is 24.1. The molecule has 0 bridgehead atoms. The molecule has 0 aliphatic rings. The van der Waals surface area contributed by atoms with Gasteiger partial charge in [0.2, 0.25) is 0 Å². The minimum absolute atomic E-state index is 0.0283. The number of ether oxygens (including phenoxy) is 3. The van der Waals surface area contributed by atoms with Gasteiger partial charge in [0, 0.05) is 43.0 Å². The second kappa shape index (κ2) is 9.52. The molecule has 0 spiro atoms. The molecule has 0 fully saturated rings. The molecule has 0 aliphatic heterocycles. The smallest absolute Gasteiger partial charge is 0.419 e. The number of aromatic nitrogens is 6. The molecule has 0 unspecified atom stereocenters. The molecule has 1 N–H and O–H groups in total. The number of halogens is 3. The maximum atomic E-state index is 12.6. The van der Waals surface area contributed by atoms with Crippen molar-refractivity contribution >= 4 is 0 Å². The van der Waals surface area contributed by atoms with Crippen LogP contribution in [0.5, 0.6) is 29.5 Å². The highest BCUT2D eigenvalue weighted by Crippen LogP contribution is 2.29. The first-order valence-electron chi connectivity index (χ1n) is 9.58. The van der Waals surface area contributed by atoms with E-state index in [2.05, 4.69) is 29.9 Å². The lowest BCUT2D eigenvalue weighted by molar-refractivity contribution is -0.138. The maximum Gasteiger partial charge on any atom is 0.419 e. The number of hydrogen-bond donors (Lipinski definition) is 1. The first-order valence-corrected chi connectivity index (χ1v) is 9.58. The predicted molar refractivity (Wildman–Crippen MR) is 110 cm³/mol. The van der Waals surface area contributed by atoms with E-state index in [1.54, 1.807) is 12.4 Å². The highest BCUT2D eigenvalue weighted by molar-refractivity contribution is 5.34. The van der Waals surface area contributed by atoms with Crippen LogP contribution in [0.2, 0.25) is 0 Å². The summed E-state index contributed by atoms with van der Waals surface area (Å²) in [7, 11) is 1.46. The van der Waals surface area contributed by atoms with Crippen molar-refractivity contribution in [1.29, 1.82) is 0 Å². The molecule has 4 rings (SSSR count). The van der Waals surface area contributed by atoms with Crippen LogP contribution < -0.4 is 19.8 Å². The van der Waals surface area contributed by atoms with E-state index in [4.69, 9.17) is 14.2 Å². The first-order chi connectivity index (χ1) is 16.3. The van der Waals surface area contributed by atoms with Crippen molar-refractivity contribution in [3.8, 4) is 29.5 Å². The van der Waals surface area contributed by atoms with E-state index >= 15 is 0 Å². The Morgan fingerprint density at radius 1 is 0.824 bits per heavy atom. The Morgan fingerprint density at radius 3 is 1.97 bits per heavy atom. The molecule has 174 valence electrons. The third-order valence-corrected chi connectivity index (χ3v) is 4.31. The summed E-state index contributed by atoms with van der Waals surface area (Å²) >= 11 is 0. The lowest BCUT2D eigenvalue weighted by Crippen LogP contribution is -2.14. The Balaban J connectivity index is 1.38. The number of aromatic amines is 1. The van der Waals surface area contributed by atoms with Crippen molar-refractivity contribution in [1.82, 2.24) is 29.9 Å². The number of nitrogens with one attached hydrogen (secondary N) is 1. The third kappa shape index (κ3) is 5.62. The van der Waals surface area contributed by atoms with E-state index in [1.807, 2.05) is 0 Å². The summed E-state index contributed by atoms with van der Waals surface area (Å²) in [5.74, 6) is 0.603.